The molecule has 2 aromatic rings. The van der Waals surface area contributed by atoms with Crippen molar-refractivity contribution < 1.29 is 14.2 Å². The first kappa shape index (κ1) is 18.3. The second kappa shape index (κ2) is 7.83. The number of nitrogen functional groups attached to an aromatic ring is 1. The Bertz CT molecular complexity index is 767. The molecule has 6 heteroatoms. The van der Waals surface area contributed by atoms with Crippen LogP contribution < -0.4 is 20.7 Å². The molecule has 0 bridgehead atoms. The third-order valence-corrected chi connectivity index (χ3v) is 4.64. The quantitative estimate of drug-likeness (QED) is 0.691. The zero-order chi connectivity index (χ0) is 18.7. The second-order valence-corrected chi connectivity index (χ2v) is 6.89. The van der Waals surface area contributed by atoms with E-state index in [1.165, 1.54) is 5.56 Å². The van der Waals surface area contributed by atoms with Crippen LogP contribution in [0.2, 0.25) is 0 Å². The monoisotopic (exact) mass is 359 g/mol. The van der Waals surface area contributed by atoms with Crippen molar-refractivity contribution in [1.29, 1.82) is 0 Å². The molecule has 0 radical (unpaired) electrons. The summed E-state index contributed by atoms with van der Waals surface area (Å²) in [6.07, 6.45) is 0.785. The first-order valence-corrected chi connectivity index (χ1v) is 8.81. The lowest BCUT2D eigenvalue weighted by molar-refractivity contribution is 0.0843. The first-order valence-electron chi connectivity index (χ1n) is 8.81. The highest BCUT2D eigenvalue weighted by Crippen LogP contribution is 2.37. The summed E-state index contributed by atoms with van der Waals surface area (Å²) in [5.74, 6) is 0.643. The van der Waals surface area contributed by atoms with Gasteiger partial charge >= 0.3 is 0 Å². The number of rotatable bonds is 6. The Balaban J connectivity index is 1.82. The first-order chi connectivity index (χ1) is 12.5. The van der Waals surface area contributed by atoms with Gasteiger partial charge in [0.25, 0.3) is 0 Å². The molecule has 0 amide bonds. The van der Waals surface area contributed by atoms with Crippen LogP contribution in [0.4, 0.5) is 21.5 Å². The average molecular weight is 359 g/mol. The Morgan fingerprint density at radius 2 is 2.12 bits per heavy atom. The van der Waals surface area contributed by atoms with E-state index >= 15 is 0 Å². The number of nitrogens with one attached hydrogen (secondary N) is 1. The molecular weight excluding hydrogens is 333 g/mol. The third-order valence-electron chi connectivity index (χ3n) is 4.64. The minimum Gasteiger partial charge on any atom is -0.489 e. The van der Waals surface area contributed by atoms with Crippen LogP contribution in [-0.4, -0.2) is 38.6 Å². The summed E-state index contributed by atoms with van der Waals surface area (Å²) in [5, 5.41) is 13.0. The van der Waals surface area contributed by atoms with Gasteiger partial charge < -0.3 is 25.8 Å². The Morgan fingerprint density at radius 1 is 1.31 bits per heavy atom. The number of alkyl halides is 1. The van der Waals surface area contributed by atoms with Crippen LogP contribution in [0, 0.1) is 0 Å². The van der Waals surface area contributed by atoms with Crippen LogP contribution in [0.5, 0.6) is 5.75 Å². The molecule has 140 valence electrons. The van der Waals surface area contributed by atoms with Crippen molar-refractivity contribution in [1.82, 2.24) is 0 Å². The van der Waals surface area contributed by atoms with E-state index in [1.807, 2.05) is 49.3 Å². The number of nitrogens with zero attached hydrogens (tertiary/aromatic N) is 1. The number of hydrogen-bond acceptors (Lipinski definition) is 5. The standard InChI is InChI=1S/C20H26FN3O2/c1-24(2)19-8-4-14(10-20(19)26-12-16(25)11-21)17-6-3-13-9-15(22)5-7-18(13)23-17/h4-5,7-10,16-17,23,25H,3,6,11-12,22H2,1-2H3. The van der Waals surface area contributed by atoms with E-state index in [0.717, 1.165) is 35.5 Å². The highest BCUT2D eigenvalue weighted by Gasteiger charge is 2.21. The summed E-state index contributed by atoms with van der Waals surface area (Å²) in [6, 6.07) is 12.1. The predicted molar refractivity (Wildman–Crippen MR) is 104 cm³/mol. The van der Waals surface area contributed by atoms with Crippen LogP contribution in [0.1, 0.15) is 23.6 Å². The van der Waals surface area contributed by atoms with Crippen molar-refractivity contribution in [2.45, 2.75) is 25.0 Å². The minimum absolute atomic E-state index is 0.0685. The number of nitrogens with two attached hydrogens (primary N) is 1. The van der Waals surface area contributed by atoms with Gasteiger partial charge in [-0.05, 0) is 54.3 Å². The average Bonchev–Trinajstić information content (AvgIpc) is 2.65. The Labute approximate surface area is 153 Å². The zero-order valence-corrected chi connectivity index (χ0v) is 15.2. The Morgan fingerprint density at radius 3 is 2.85 bits per heavy atom. The number of aliphatic hydroxyl groups is 1. The normalized spacial score (nSPS) is 17.2. The van der Waals surface area contributed by atoms with Crippen molar-refractivity contribution in [3.05, 3.63) is 47.5 Å². The zero-order valence-electron chi connectivity index (χ0n) is 15.2. The number of benzene rings is 2. The van der Waals surface area contributed by atoms with Crippen molar-refractivity contribution in [2.75, 3.05) is 43.3 Å². The van der Waals surface area contributed by atoms with Gasteiger partial charge in [-0.1, -0.05) is 6.07 Å². The fourth-order valence-electron chi connectivity index (χ4n) is 3.23. The molecule has 2 atom stereocenters. The van der Waals surface area contributed by atoms with Gasteiger partial charge in [-0.3, -0.25) is 0 Å². The van der Waals surface area contributed by atoms with E-state index in [2.05, 4.69) is 11.4 Å². The maximum Gasteiger partial charge on any atom is 0.143 e. The van der Waals surface area contributed by atoms with Crippen molar-refractivity contribution in [3.8, 4) is 5.75 Å². The van der Waals surface area contributed by atoms with E-state index in [-0.39, 0.29) is 12.6 Å². The van der Waals surface area contributed by atoms with Gasteiger partial charge in [-0.25, -0.2) is 4.39 Å². The number of hydrogen-bond donors (Lipinski definition) is 3. The SMILES string of the molecule is CN(C)c1ccc(C2CCc3cc(N)ccc3N2)cc1OCC(O)CF. The van der Waals surface area contributed by atoms with Gasteiger partial charge in [0.05, 0.1) is 11.7 Å². The van der Waals surface area contributed by atoms with Gasteiger partial charge in [0.1, 0.15) is 25.1 Å². The lowest BCUT2D eigenvalue weighted by atomic mass is 9.93. The predicted octanol–water partition coefficient (Wildman–Crippen LogP) is 3.14. The molecule has 1 heterocycles. The van der Waals surface area contributed by atoms with Crippen molar-refractivity contribution >= 4 is 17.1 Å². The summed E-state index contributed by atoms with van der Waals surface area (Å²) < 4.78 is 18.2. The summed E-state index contributed by atoms with van der Waals surface area (Å²) in [7, 11) is 3.85. The summed E-state index contributed by atoms with van der Waals surface area (Å²) in [4.78, 5) is 1.94. The van der Waals surface area contributed by atoms with Crippen molar-refractivity contribution in [2.24, 2.45) is 0 Å². The minimum atomic E-state index is -1.11. The fraction of sp³-hybridized carbons (Fsp3) is 0.400. The van der Waals surface area contributed by atoms with E-state index in [4.69, 9.17) is 10.5 Å². The molecule has 5 nitrogen and oxygen atoms in total. The topological polar surface area (TPSA) is 70.8 Å². The number of ether oxygens (including phenoxy) is 1. The van der Waals surface area contributed by atoms with E-state index in [0.29, 0.717) is 5.75 Å². The third kappa shape index (κ3) is 4.02. The molecule has 26 heavy (non-hydrogen) atoms. The Kier molecular flexibility index (Phi) is 5.52. The molecule has 0 fully saturated rings. The fourth-order valence-corrected chi connectivity index (χ4v) is 3.23. The van der Waals surface area contributed by atoms with E-state index in [1.54, 1.807) is 0 Å². The smallest absolute Gasteiger partial charge is 0.143 e. The van der Waals surface area contributed by atoms with Gasteiger partial charge in [0.2, 0.25) is 0 Å². The number of aliphatic hydroxyl groups excluding tert-OH is 1. The molecule has 3 rings (SSSR count). The lowest BCUT2D eigenvalue weighted by Crippen LogP contribution is -2.21. The summed E-state index contributed by atoms with van der Waals surface area (Å²) in [6.45, 7) is -0.887. The molecule has 2 unspecified atom stereocenters. The Hall–Kier alpha value is -2.47. The van der Waals surface area contributed by atoms with Gasteiger partial charge in [0, 0.05) is 25.5 Å². The lowest BCUT2D eigenvalue weighted by Gasteiger charge is -2.29. The number of fused-ring (bicyclic) bond motifs is 1. The molecule has 4 N–H and O–H groups in total. The summed E-state index contributed by atoms with van der Waals surface area (Å²) >= 11 is 0. The molecular formula is C20H26FN3O2. The molecule has 0 aliphatic carbocycles. The molecule has 0 aromatic heterocycles. The van der Waals surface area contributed by atoms with Crippen molar-refractivity contribution in [3.63, 3.8) is 0 Å². The molecule has 0 spiro atoms. The van der Waals surface area contributed by atoms with Crippen LogP contribution in [0.15, 0.2) is 36.4 Å². The van der Waals surface area contributed by atoms with Gasteiger partial charge in [0.15, 0.2) is 0 Å². The molecule has 1 aliphatic rings. The molecule has 2 aromatic carbocycles. The molecule has 0 saturated heterocycles. The van der Waals surface area contributed by atoms with Crippen LogP contribution in [0.3, 0.4) is 0 Å². The number of anilines is 3. The highest BCUT2D eigenvalue weighted by molar-refractivity contribution is 5.63. The number of aryl methyl sites for hydroxylation is 1. The van der Waals surface area contributed by atoms with Crippen LogP contribution in [-0.2, 0) is 6.42 Å². The van der Waals surface area contributed by atoms with Crippen LogP contribution in [0.25, 0.3) is 0 Å². The largest absolute Gasteiger partial charge is 0.489 e. The van der Waals surface area contributed by atoms with Gasteiger partial charge in [-0.15, -0.1) is 0 Å². The second-order valence-electron chi connectivity index (χ2n) is 6.89. The highest BCUT2D eigenvalue weighted by atomic mass is 19.1. The van der Waals surface area contributed by atoms with Crippen LogP contribution >= 0.6 is 0 Å². The van der Waals surface area contributed by atoms with E-state index < -0.39 is 12.8 Å². The maximum atomic E-state index is 12.5. The molecule has 1 aliphatic heterocycles. The summed E-state index contributed by atoms with van der Waals surface area (Å²) in [5.41, 5.74) is 11.0. The number of halogens is 1. The van der Waals surface area contributed by atoms with Gasteiger partial charge in [-0.2, -0.15) is 0 Å². The maximum absolute atomic E-state index is 12.5. The van der Waals surface area contributed by atoms with E-state index in [9.17, 15) is 9.50 Å². The molecule has 0 saturated carbocycles.